The number of nitrogens with one attached hydrogen (secondary N) is 1. The third-order valence-corrected chi connectivity index (χ3v) is 3.92. The van der Waals surface area contributed by atoms with E-state index >= 15 is 0 Å². The van der Waals surface area contributed by atoms with Crippen LogP contribution in [0.3, 0.4) is 0 Å². The molecule has 0 aliphatic heterocycles. The highest BCUT2D eigenvalue weighted by atomic mass is 35.5. The van der Waals surface area contributed by atoms with Crippen molar-refractivity contribution in [3.63, 3.8) is 0 Å². The number of carbonyl (C=O) groups excluding carboxylic acids is 1. The van der Waals surface area contributed by atoms with Crippen molar-refractivity contribution >= 4 is 45.6 Å². The smallest absolute Gasteiger partial charge is 0.277 e. The summed E-state index contributed by atoms with van der Waals surface area (Å²) in [6.07, 6.45) is 2.63. The zero-order valence-corrected chi connectivity index (χ0v) is 13.3. The first kappa shape index (κ1) is 14.9. The number of nitrogens with zero attached hydrogens (tertiary/aromatic N) is 3. The van der Waals surface area contributed by atoms with Crippen LogP contribution in [0.4, 0.5) is 5.13 Å². The summed E-state index contributed by atoms with van der Waals surface area (Å²) in [5, 5.41) is 5.90. The monoisotopic (exact) mass is 350 g/mol. The average Bonchev–Trinajstić information content (AvgIpc) is 2.97. The Labute approximate surface area is 140 Å². The second-order valence-corrected chi connectivity index (χ2v) is 5.91. The summed E-state index contributed by atoms with van der Waals surface area (Å²) in [4.78, 5) is 24.1. The van der Waals surface area contributed by atoms with Gasteiger partial charge in [0, 0.05) is 16.0 Å². The van der Waals surface area contributed by atoms with Crippen molar-refractivity contribution in [3.8, 4) is 11.3 Å². The fraction of sp³-hybridized carbons (Fsp3) is 0. The maximum Gasteiger partial charge on any atom is 0.277 e. The molecule has 1 N–H and O–H groups in total. The van der Waals surface area contributed by atoms with E-state index in [1.807, 2.05) is 17.5 Å². The molecule has 1 aromatic carbocycles. The van der Waals surface area contributed by atoms with Crippen LogP contribution in [0.15, 0.2) is 42.0 Å². The zero-order chi connectivity index (χ0) is 15.5. The molecule has 3 aromatic rings. The number of hydrogen-bond acceptors (Lipinski definition) is 5. The summed E-state index contributed by atoms with van der Waals surface area (Å²) in [5.74, 6) is -0.388. The first-order chi connectivity index (χ1) is 10.6. The number of anilines is 1. The van der Waals surface area contributed by atoms with Gasteiger partial charge < -0.3 is 0 Å². The van der Waals surface area contributed by atoms with E-state index in [0.717, 1.165) is 11.3 Å². The Kier molecular flexibility index (Phi) is 4.33. The average molecular weight is 351 g/mol. The maximum atomic E-state index is 12.0. The molecule has 0 atom stereocenters. The van der Waals surface area contributed by atoms with Gasteiger partial charge in [0.15, 0.2) is 5.13 Å². The van der Waals surface area contributed by atoms with Crippen LogP contribution in [0, 0.1) is 0 Å². The Bertz CT molecular complexity index is 802. The lowest BCUT2D eigenvalue weighted by Gasteiger charge is -2.00. The molecule has 8 heteroatoms. The van der Waals surface area contributed by atoms with Gasteiger partial charge in [-0.25, -0.2) is 15.0 Å². The van der Waals surface area contributed by atoms with Gasteiger partial charge >= 0.3 is 0 Å². The van der Waals surface area contributed by atoms with Gasteiger partial charge in [-0.3, -0.25) is 10.1 Å². The van der Waals surface area contributed by atoms with Crippen molar-refractivity contribution in [1.29, 1.82) is 0 Å². The highest BCUT2D eigenvalue weighted by molar-refractivity contribution is 7.14. The van der Waals surface area contributed by atoms with E-state index in [-0.39, 0.29) is 16.8 Å². The number of thiazole rings is 1. The fourth-order valence-electron chi connectivity index (χ4n) is 1.68. The first-order valence-electron chi connectivity index (χ1n) is 6.12. The van der Waals surface area contributed by atoms with Crippen molar-refractivity contribution in [2.24, 2.45) is 0 Å². The molecule has 0 aliphatic rings. The summed E-state index contributed by atoms with van der Waals surface area (Å²) in [6.45, 7) is 0. The minimum absolute atomic E-state index is 0.174. The number of amides is 1. The van der Waals surface area contributed by atoms with Gasteiger partial charge in [-0.2, -0.15) is 0 Å². The topological polar surface area (TPSA) is 67.8 Å². The van der Waals surface area contributed by atoms with Crippen LogP contribution < -0.4 is 5.32 Å². The van der Waals surface area contributed by atoms with Crippen molar-refractivity contribution in [1.82, 2.24) is 15.0 Å². The third kappa shape index (κ3) is 3.41. The van der Waals surface area contributed by atoms with E-state index in [9.17, 15) is 4.79 Å². The molecule has 3 rings (SSSR count). The molecule has 110 valence electrons. The van der Waals surface area contributed by atoms with Crippen LogP contribution in [0.25, 0.3) is 11.3 Å². The van der Waals surface area contributed by atoms with E-state index in [4.69, 9.17) is 23.2 Å². The van der Waals surface area contributed by atoms with Gasteiger partial charge in [0.2, 0.25) is 0 Å². The molecule has 5 nitrogen and oxygen atoms in total. The quantitative estimate of drug-likeness (QED) is 0.769. The molecule has 0 radical (unpaired) electrons. The van der Waals surface area contributed by atoms with Crippen molar-refractivity contribution < 1.29 is 4.79 Å². The number of benzene rings is 1. The highest BCUT2D eigenvalue weighted by Gasteiger charge is 2.11. The van der Waals surface area contributed by atoms with Crippen LogP contribution in [0.1, 0.15) is 10.5 Å². The first-order valence-corrected chi connectivity index (χ1v) is 7.76. The molecule has 0 unspecified atom stereocenters. The maximum absolute atomic E-state index is 12.0. The molecule has 0 bridgehead atoms. The number of aromatic nitrogens is 3. The number of halogens is 2. The molecule has 0 spiro atoms. The highest BCUT2D eigenvalue weighted by Crippen LogP contribution is 2.26. The number of carbonyl (C=O) groups is 1. The predicted molar refractivity (Wildman–Crippen MR) is 87.6 cm³/mol. The Morgan fingerprint density at radius 1 is 1.09 bits per heavy atom. The third-order valence-electron chi connectivity index (χ3n) is 2.72. The standard InChI is InChI=1S/C14H8Cl2N4OS/c15-9-3-1-8(2-4-9)11-7-22-14(19-11)20-13(21)10-5-18-12(16)6-17-10/h1-7H,(H,19,20,21). The number of rotatable bonds is 3. The lowest BCUT2D eigenvalue weighted by atomic mass is 10.2. The van der Waals surface area contributed by atoms with Gasteiger partial charge in [0.1, 0.15) is 10.8 Å². The summed E-state index contributed by atoms with van der Waals surface area (Å²) in [6, 6.07) is 7.32. The molecule has 0 aliphatic carbocycles. The molecule has 2 heterocycles. The zero-order valence-electron chi connectivity index (χ0n) is 11.0. The molecule has 0 saturated heterocycles. The van der Waals surface area contributed by atoms with Gasteiger partial charge in [-0.1, -0.05) is 35.3 Å². The summed E-state index contributed by atoms with van der Waals surface area (Å²) in [5.41, 5.74) is 1.86. The van der Waals surface area contributed by atoms with Crippen molar-refractivity contribution in [2.75, 3.05) is 5.32 Å². The second-order valence-electron chi connectivity index (χ2n) is 4.22. The summed E-state index contributed by atoms with van der Waals surface area (Å²) < 4.78 is 0. The Morgan fingerprint density at radius 3 is 2.55 bits per heavy atom. The van der Waals surface area contributed by atoms with Gasteiger partial charge in [0.05, 0.1) is 18.1 Å². The molecular weight excluding hydrogens is 343 g/mol. The van der Waals surface area contributed by atoms with Crippen molar-refractivity contribution in [2.45, 2.75) is 0 Å². The van der Waals surface area contributed by atoms with Crippen molar-refractivity contribution in [3.05, 3.63) is 57.9 Å². The molecule has 22 heavy (non-hydrogen) atoms. The summed E-state index contributed by atoms with van der Waals surface area (Å²) in [7, 11) is 0. The van der Waals surface area contributed by atoms with Gasteiger partial charge in [0.25, 0.3) is 5.91 Å². The normalized spacial score (nSPS) is 10.5. The van der Waals surface area contributed by atoms with Crippen LogP contribution >= 0.6 is 34.5 Å². The molecule has 0 fully saturated rings. The van der Waals surface area contributed by atoms with Gasteiger partial charge in [-0.05, 0) is 12.1 Å². The minimum Gasteiger partial charge on any atom is -0.296 e. The van der Waals surface area contributed by atoms with E-state index in [1.54, 1.807) is 12.1 Å². The van der Waals surface area contributed by atoms with E-state index in [1.165, 1.54) is 23.7 Å². The van der Waals surface area contributed by atoms with Crippen LogP contribution in [0.5, 0.6) is 0 Å². The predicted octanol–water partition coefficient (Wildman–Crippen LogP) is 4.16. The molecule has 0 saturated carbocycles. The minimum atomic E-state index is -0.388. The second kappa shape index (κ2) is 6.39. The molecule has 1 amide bonds. The Balaban J connectivity index is 1.75. The van der Waals surface area contributed by atoms with Crippen LogP contribution in [-0.4, -0.2) is 20.9 Å². The Hall–Kier alpha value is -2.02. The molecular formula is C14H8Cl2N4OS. The fourth-order valence-corrected chi connectivity index (χ4v) is 2.61. The van der Waals surface area contributed by atoms with E-state index < -0.39 is 0 Å². The van der Waals surface area contributed by atoms with Crippen LogP contribution in [-0.2, 0) is 0 Å². The lowest BCUT2D eigenvalue weighted by Crippen LogP contribution is -2.13. The van der Waals surface area contributed by atoms with Crippen LogP contribution in [0.2, 0.25) is 10.2 Å². The molecule has 2 aromatic heterocycles. The SMILES string of the molecule is O=C(Nc1nc(-c2ccc(Cl)cc2)cs1)c1cnc(Cl)cn1. The Morgan fingerprint density at radius 2 is 1.86 bits per heavy atom. The van der Waals surface area contributed by atoms with E-state index in [0.29, 0.717) is 10.2 Å². The number of hydrogen-bond donors (Lipinski definition) is 1. The lowest BCUT2D eigenvalue weighted by molar-refractivity contribution is 0.102. The van der Waals surface area contributed by atoms with E-state index in [2.05, 4.69) is 20.3 Å². The summed E-state index contributed by atoms with van der Waals surface area (Å²) >= 11 is 12.8. The largest absolute Gasteiger partial charge is 0.296 e. The van der Waals surface area contributed by atoms with Gasteiger partial charge in [-0.15, -0.1) is 11.3 Å².